The van der Waals surface area contributed by atoms with Crippen LogP contribution in [0.2, 0.25) is 0 Å². The van der Waals surface area contributed by atoms with Gasteiger partial charge in [-0.15, -0.1) is 0 Å². The number of halogens is 4. The molecular formula is C10H9F4N. The van der Waals surface area contributed by atoms with Crippen molar-refractivity contribution in [2.24, 2.45) is 0 Å². The van der Waals surface area contributed by atoms with Crippen molar-refractivity contribution in [3.8, 4) is 0 Å². The SMILES string of the molecule is CC.Fc1c(F)c(F)c2[nH]ccc2c1F. The van der Waals surface area contributed by atoms with Crippen molar-refractivity contribution in [2.45, 2.75) is 13.8 Å². The van der Waals surface area contributed by atoms with Gasteiger partial charge in [-0.1, -0.05) is 13.8 Å². The van der Waals surface area contributed by atoms with Gasteiger partial charge in [0.1, 0.15) is 0 Å². The molecule has 2 rings (SSSR count). The van der Waals surface area contributed by atoms with Gasteiger partial charge in [0.2, 0.25) is 0 Å². The van der Waals surface area contributed by atoms with Crippen molar-refractivity contribution in [1.82, 2.24) is 4.98 Å². The fourth-order valence-electron chi connectivity index (χ4n) is 1.15. The summed E-state index contributed by atoms with van der Waals surface area (Å²) in [7, 11) is 0. The van der Waals surface area contributed by atoms with E-state index < -0.39 is 23.3 Å². The topological polar surface area (TPSA) is 15.8 Å². The van der Waals surface area contributed by atoms with E-state index in [1.165, 1.54) is 6.20 Å². The van der Waals surface area contributed by atoms with E-state index in [1.807, 2.05) is 13.8 Å². The number of hydrogen-bond acceptors (Lipinski definition) is 0. The molecule has 2 aromatic rings. The van der Waals surface area contributed by atoms with Gasteiger partial charge in [0.25, 0.3) is 0 Å². The van der Waals surface area contributed by atoms with Gasteiger partial charge in [0, 0.05) is 11.6 Å². The smallest absolute Gasteiger partial charge is 0.199 e. The number of H-pyrrole nitrogens is 1. The third kappa shape index (κ3) is 1.69. The van der Waals surface area contributed by atoms with E-state index in [-0.39, 0.29) is 10.9 Å². The molecule has 0 aliphatic rings. The lowest BCUT2D eigenvalue weighted by atomic mass is 10.2. The minimum atomic E-state index is -1.80. The van der Waals surface area contributed by atoms with Crippen LogP contribution in [0.25, 0.3) is 10.9 Å². The zero-order chi connectivity index (χ0) is 11.6. The summed E-state index contributed by atoms with van der Waals surface area (Å²) < 4.78 is 50.9. The van der Waals surface area contributed by atoms with Crippen LogP contribution in [0.5, 0.6) is 0 Å². The lowest BCUT2D eigenvalue weighted by Gasteiger charge is -1.98. The summed E-state index contributed by atoms with van der Waals surface area (Å²) in [6, 6.07) is 1.14. The Balaban J connectivity index is 0.000000531. The van der Waals surface area contributed by atoms with E-state index in [4.69, 9.17) is 0 Å². The summed E-state index contributed by atoms with van der Waals surface area (Å²) in [4.78, 5) is 2.28. The quantitative estimate of drug-likeness (QED) is 0.394. The fourth-order valence-corrected chi connectivity index (χ4v) is 1.15. The Morgan fingerprint density at radius 1 is 0.867 bits per heavy atom. The highest BCUT2D eigenvalue weighted by Crippen LogP contribution is 2.25. The molecule has 0 amide bonds. The molecular weight excluding hydrogens is 210 g/mol. The second-order valence-electron chi connectivity index (χ2n) is 2.52. The van der Waals surface area contributed by atoms with Crippen LogP contribution in [0.3, 0.4) is 0 Å². The molecule has 0 unspecified atom stereocenters. The van der Waals surface area contributed by atoms with Gasteiger partial charge in [-0.3, -0.25) is 0 Å². The first-order chi connectivity index (χ1) is 7.13. The number of fused-ring (bicyclic) bond motifs is 1. The predicted octanol–water partition coefficient (Wildman–Crippen LogP) is 3.75. The minimum Gasteiger partial charge on any atom is -0.359 e. The highest BCUT2D eigenvalue weighted by molar-refractivity contribution is 5.80. The standard InChI is InChI=1S/C8H3F4N.C2H6/c9-4-3-1-2-13-8(3)7(12)6(11)5(4)10;1-2/h1-2,13H;1-2H3. The molecule has 0 bridgehead atoms. The van der Waals surface area contributed by atoms with Crippen LogP contribution in [0.4, 0.5) is 17.6 Å². The van der Waals surface area contributed by atoms with Gasteiger partial charge in [-0.05, 0) is 6.07 Å². The molecule has 1 aromatic carbocycles. The van der Waals surface area contributed by atoms with E-state index in [9.17, 15) is 17.6 Å². The molecule has 0 atom stereocenters. The maximum atomic E-state index is 12.9. The molecule has 1 N–H and O–H groups in total. The first-order valence-corrected chi connectivity index (χ1v) is 4.42. The fraction of sp³-hybridized carbons (Fsp3) is 0.200. The highest BCUT2D eigenvalue weighted by Gasteiger charge is 2.20. The summed E-state index contributed by atoms with van der Waals surface area (Å²) in [5.74, 6) is -6.37. The first kappa shape index (κ1) is 11.6. The lowest BCUT2D eigenvalue weighted by molar-refractivity contribution is 0.417. The Labute approximate surface area is 83.7 Å². The second kappa shape index (κ2) is 4.33. The van der Waals surface area contributed by atoms with Crippen molar-refractivity contribution < 1.29 is 17.6 Å². The second-order valence-corrected chi connectivity index (χ2v) is 2.52. The number of rotatable bonds is 0. The summed E-state index contributed by atoms with van der Waals surface area (Å²) >= 11 is 0. The highest BCUT2D eigenvalue weighted by atomic mass is 19.2. The number of aromatic nitrogens is 1. The molecule has 0 fully saturated rings. The third-order valence-corrected chi connectivity index (χ3v) is 1.78. The van der Waals surface area contributed by atoms with Gasteiger partial charge in [-0.25, -0.2) is 17.6 Å². The molecule has 0 radical (unpaired) electrons. The first-order valence-electron chi connectivity index (χ1n) is 4.42. The zero-order valence-electron chi connectivity index (χ0n) is 8.17. The number of aromatic amines is 1. The maximum Gasteiger partial charge on any atom is 0.199 e. The molecule has 0 saturated heterocycles. The molecule has 15 heavy (non-hydrogen) atoms. The molecule has 0 saturated carbocycles. The van der Waals surface area contributed by atoms with E-state index in [2.05, 4.69) is 4.98 Å². The van der Waals surface area contributed by atoms with E-state index in [0.717, 1.165) is 6.07 Å². The zero-order valence-corrected chi connectivity index (χ0v) is 8.17. The molecule has 1 heterocycles. The summed E-state index contributed by atoms with van der Waals surface area (Å²) in [5, 5.41) is -0.295. The number of nitrogens with one attached hydrogen (secondary N) is 1. The molecule has 82 valence electrons. The largest absolute Gasteiger partial charge is 0.359 e. The number of hydrogen-bond donors (Lipinski definition) is 1. The van der Waals surface area contributed by atoms with Crippen LogP contribution >= 0.6 is 0 Å². The Bertz CT molecular complexity index is 434. The van der Waals surface area contributed by atoms with Crippen LogP contribution in [0, 0.1) is 23.3 Å². The van der Waals surface area contributed by atoms with Gasteiger partial charge in [0.15, 0.2) is 23.3 Å². The molecule has 5 heteroatoms. The molecule has 1 aromatic heterocycles. The van der Waals surface area contributed by atoms with E-state index in [0.29, 0.717) is 0 Å². The molecule has 0 aliphatic carbocycles. The monoisotopic (exact) mass is 219 g/mol. The Hall–Kier alpha value is -1.52. The average molecular weight is 219 g/mol. The van der Waals surface area contributed by atoms with Crippen molar-refractivity contribution in [3.63, 3.8) is 0 Å². The van der Waals surface area contributed by atoms with Gasteiger partial charge >= 0.3 is 0 Å². The van der Waals surface area contributed by atoms with Crippen LogP contribution in [0.15, 0.2) is 12.3 Å². The van der Waals surface area contributed by atoms with Crippen molar-refractivity contribution in [1.29, 1.82) is 0 Å². The van der Waals surface area contributed by atoms with Crippen LogP contribution in [-0.2, 0) is 0 Å². The van der Waals surface area contributed by atoms with Gasteiger partial charge < -0.3 is 4.98 Å². The minimum absolute atomic E-state index is 0.295. The maximum absolute atomic E-state index is 12.9. The van der Waals surface area contributed by atoms with E-state index >= 15 is 0 Å². The van der Waals surface area contributed by atoms with Crippen molar-refractivity contribution in [3.05, 3.63) is 35.5 Å². The third-order valence-electron chi connectivity index (χ3n) is 1.78. The van der Waals surface area contributed by atoms with Crippen molar-refractivity contribution in [2.75, 3.05) is 0 Å². The Kier molecular flexibility index (Phi) is 3.34. The summed E-state index contributed by atoms with van der Waals surface area (Å²) in [5.41, 5.74) is -0.364. The molecule has 0 spiro atoms. The Morgan fingerprint density at radius 2 is 1.40 bits per heavy atom. The molecule has 1 nitrogen and oxygen atoms in total. The van der Waals surface area contributed by atoms with Crippen LogP contribution < -0.4 is 0 Å². The number of benzene rings is 1. The van der Waals surface area contributed by atoms with Crippen LogP contribution in [0.1, 0.15) is 13.8 Å². The summed E-state index contributed by atoms with van der Waals surface area (Å²) in [6.07, 6.45) is 1.20. The van der Waals surface area contributed by atoms with Gasteiger partial charge in [-0.2, -0.15) is 0 Å². The average Bonchev–Trinajstić information content (AvgIpc) is 2.75. The normalized spacial score (nSPS) is 10.0. The van der Waals surface area contributed by atoms with E-state index in [1.54, 1.807) is 0 Å². The molecule has 0 aliphatic heterocycles. The van der Waals surface area contributed by atoms with Crippen LogP contribution in [-0.4, -0.2) is 4.98 Å². The summed E-state index contributed by atoms with van der Waals surface area (Å²) in [6.45, 7) is 4.00. The Morgan fingerprint density at radius 3 is 2.00 bits per heavy atom. The lowest BCUT2D eigenvalue weighted by Crippen LogP contribution is -1.96. The van der Waals surface area contributed by atoms with Gasteiger partial charge in [0.05, 0.1) is 5.52 Å². The van der Waals surface area contributed by atoms with Crippen molar-refractivity contribution >= 4 is 10.9 Å². The predicted molar refractivity (Wildman–Crippen MR) is 49.5 cm³/mol.